The average molecular weight is 365 g/mol. The first kappa shape index (κ1) is 18.0. The number of hydrogen-bond donors (Lipinski definition) is 0. The van der Waals surface area contributed by atoms with Crippen LogP contribution < -0.4 is 0 Å². The lowest BCUT2D eigenvalue weighted by molar-refractivity contribution is 0.00783. The fourth-order valence-electron chi connectivity index (χ4n) is 3.26. The predicted molar refractivity (Wildman–Crippen MR) is 97.7 cm³/mol. The molecule has 25 heavy (non-hydrogen) atoms. The van der Waals surface area contributed by atoms with Crippen molar-refractivity contribution in [3.8, 4) is 0 Å². The predicted octanol–water partition coefficient (Wildman–Crippen LogP) is 3.96. The Morgan fingerprint density at radius 3 is 2.92 bits per heavy atom. The van der Waals surface area contributed by atoms with E-state index in [-0.39, 0.29) is 12.1 Å². The molecule has 3 rings (SSSR count). The van der Waals surface area contributed by atoms with Gasteiger partial charge in [-0.3, -0.25) is 0 Å². The molecule has 3 heterocycles. The van der Waals surface area contributed by atoms with Crippen molar-refractivity contribution in [2.24, 2.45) is 0 Å². The second kappa shape index (κ2) is 7.20. The molecule has 1 atom stereocenters. The van der Waals surface area contributed by atoms with Crippen molar-refractivity contribution in [3.05, 3.63) is 24.2 Å². The Hall–Kier alpha value is -1.82. The molecule has 0 aromatic carbocycles. The van der Waals surface area contributed by atoms with Gasteiger partial charge >= 0.3 is 6.09 Å². The number of hydrogen-bond acceptors (Lipinski definition) is 4. The molecule has 0 bridgehead atoms. The summed E-state index contributed by atoms with van der Waals surface area (Å²) in [6, 6.07) is 3.86. The van der Waals surface area contributed by atoms with Crippen LogP contribution in [-0.2, 0) is 17.2 Å². The summed E-state index contributed by atoms with van der Waals surface area (Å²) in [5, 5.41) is 0. The van der Waals surface area contributed by atoms with Crippen molar-refractivity contribution in [1.29, 1.82) is 0 Å². The zero-order valence-electron chi connectivity index (χ0n) is 15.0. The molecule has 0 spiro atoms. The van der Waals surface area contributed by atoms with E-state index in [1.807, 2.05) is 42.4 Å². The lowest BCUT2D eigenvalue weighted by Gasteiger charge is -2.37. The van der Waals surface area contributed by atoms with Crippen LogP contribution in [0.2, 0.25) is 0 Å². The number of likely N-dealkylation sites (tertiary alicyclic amines) is 1. The maximum Gasteiger partial charge on any atom is 0.410 e. The van der Waals surface area contributed by atoms with E-state index in [2.05, 4.69) is 9.97 Å². The molecule has 1 aliphatic heterocycles. The highest BCUT2D eigenvalue weighted by Gasteiger charge is 2.31. The monoisotopic (exact) mass is 364 g/mol. The summed E-state index contributed by atoms with van der Waals surface area (Å²) in [4.78, 5) is 23.5. The number of ether oxygens (including phenoxy) is 1. The normalized spacial score (nSPS) is 18.6. The first-order valence-electron chi connectivity index (χ1n) is 8.75. The zero-order chi connectivity index (χ0) is 18.0. The third-order valence-electron chi connectivity index (χ3n) is 4.35. The van der Waals surface area contributed by atoms with Crippen molar-refractivity contribution in [2.45, 2.75) is 64.1 Å². The number of rotatable bonds is 3. The van der Waals surface area contributed by atoms with Crippen LogP contribution in [0, 0.1) is 0 Å². The lowest BCUT2D eigenvalue weighted by atomic mass is 10.0. The quantitative estimate of drug-likeness (QED) is 0.773. The van der Waals surface area contributed by atoms with Gasteiger partial charge in [-0.1, -0.05) is 0 Å². The van der Waals surface area contributed by atoms with Crippen LogP contribution in [0.15, 0.2) is 18.3 Å². The van der Waals surface area contributed by atoms with Crippen LogP contribution in [0.4, 0.5) is 4.79 Å². The Morgan fingerprint density at radius 1 is 1.40 bits per heavy atom. The molecule has 2 aromatic heterocycles. The smallest absolute Gasteiger partial charge is 0.410 e. The molecule has 1 fully saturated rings. The first-order chi connectivity index (χ1) is 11.9. The Labute approximate surface area is 153 Å². The number of halogens is 1. The highest BCUT2D eigenvalue weighted by molar-refractivity contribution is 6.16. The SMILES string of the molecule is CC(C)(C)OC(=O)N1CCCC[C@H]1Cn1c(CCl)nc2cccnc21. The molecule has 6 nitrogen and oxygen atoms in total. The number of carbonyl (C=O) groups is 1. The molecule has 0 radical (unpaired) electrons. The minimum Gasteiger partial charge on any atom is -0.444 e. The third-order valence-corrected chi connectivity index (χ3v) is 4.59. The summed E-state index contributed by atoms with van der Waals surface area (Å²) in [5.74, 6) is 1.10. The lowest BCUT2D eigenvalue weighted by Crippen LogP contribution is -2.48. The summed E-state index contributed by atoms with van der Waals surface area (Å²) in [6.45, 7) is 7.03. The molecule has 7 heteroatoms. The second-order valence-electron chi connectivity index (χ2n) is 7.44. The second-order valence-corrected chi connectivity index (χ2v) is 7.71. The van der Waals surface area contributed by atoms with Gasteiger partial charge in [0.25, 0.3) is 0 Å². The minimum absolute atomic E-state index is 0.0602. The van der Waals surface area contributed by atoms with Crippen LogP contribution in [-0.4, -0.2) is 43.7 Å². The Balaban J connectivity index is 1.86. The van der Waals surface area contributed by atoms with Gasteiger partial charge in [0.2, 0.25) is 0 Å². The van der Waals surface area contributed by atoms with Gasteiger partial charge in [0.05, 0.1) is 11.9 Å². The van der Waals surface area contributed by atoms with Crippen LogP contribution in [0.25, 0.3) is 11.2 Å². The third kappa shape index (κ3) is 4.06. The van der Waals surface area contributed by atoms with Crippen molar-refractivity contribution in [2.75, 3.05) is 6.54 Å². The van der Waals surface area contributed by atoms with E-state index >= 15 is 0 Å². The summed E-state index contributed by atoms with van der Waals surface area (Å²) < 4.78 is 7.63. The highest BCUT2D eigenvalue weighted by Crippen LogP contribution is 2.24. The molecule has 0 N–H and O–H groups in total. The highest BCUT2D eigenvalue weighted by atomic mass is 35.5. The van der Waals surface area contributed by atoms with Gasteiger partial charge in [0.15, 0.2) is 5.65 Å². The molecule has 0 aliphatic carbocycles. The summed E-state index contributed by atoms with van der Waals surface area (Å²) in [5.41, 5.74) is 1.15. The van der Waals surface area contributed by atoms with Gasteiger partial charge in [-0.05, 0) is 52.2 Å². The maximum atomic E-state index is 12.6. The van der Waals surface area contributed by atoms with E-state index in [0.29, 0.717) is 12.4 Å². The van der Waals surface area contributed by atoms with E-state index in [0.717, 1.165) is 42.8 Å². The van der Waals surface area contributed by atoms with Gasteiger partial charge in [0, 0.05) is 19.3 Å². The summed E-state index contributed by atoms with van der Waals surface area (Å²) >= 11 is 6.09. The maximum absolute atomic E-state index is 12.6. The van der Waals surface area contributed by atoms with Crippen LogP contribution in [0.3, 0.4) is 0 Å². The van der Waals surface area contributed by atoms with Crippen molar-refractivity contribution in [1.82, 2.24) is 19.4 Å². The van der Waals surface area contributed by atoms with Gasteiger partial charge in [0.1, 0.15) is 16.9 Å². The summed E-state index contributed by atoms with van der Waals surface area (Å²) in [6.07, 6.45) is 4.54. The molecule has 1 amide bonds. The van der Waals surface area contributed by atoms with E-state index in [1.54, 1.807) is 6.20 Å². The molecule has 2 aromatic rings. The Kier molecular flexibility index (Phi) is 5.18. The average Bonchev–Trinajstić information content (AvgIpc) is 2.92. The topological polar surface area (TPSA) is 60.2 Å². The Morgan fingerprint density at radius 2 is 2.20 bits per heavy atom. The van der Waals surface area contributed by atoms with E-state index in [9.17, 15) is 4.79 Å². The van der Waals surface area contributed by atoms with E-state index in [1.165, 1.54) is 0 Å². The van der Waals surface area contributed by atoms with Gasteiger partial charge < -0.3 is 14.2 Å². The number of carbonyl (C=O) groups excluding carboxylic acids is 1. The number of fused-ring (bicyclic) bond motifs is 1. The fraction of sp³-hybridized carbons (Fsp3) is 0.611. The number of nitrogens with zero attached hydrogens (tertiary/aromatic N) is 4. The van der Waals surface area contributed by atoms with Crippen molar-refractivity contribution in [3.63, 3.8) is 0 Å². The minimum atomic E-state index is -0.496. The number of piperidine rings is 1. The Bertz CT molecular complexity index is 753. The van der Waals surface area contributed by atoms with Crippen molar-refractivity contribution < 1.29 is 9.53 Å². The molecular formula is C18H25ClN4O2. The number of amides is 1. The van der Waals surface area contributed by atoms with E-state index in [4.69, 9.17) is 16.3 Å². The molecule has 0 saturated carbocycles. The van der Waals surface area contributed by atoms with Crippen molar-refractivity contribution >= 4 is 28.9 Å². The van der Waals surface area contributed by atoms with Gasteiger partial charge in [-0.2, -0.15) is 0 Å². The van der Waals surface area contributed by atoms with Gasteiger partial charge in [-0.25, -0.2) is 14.8 Å². The van der Waals surface area contributed by atoms with E-state index < -0.39 is 5.60 Å². The number of pyridine rings is 1. The first-order valence-corrected chi connectivity index (χ1v) is 9.28. The van der Waals surface area contributed by atoms with Crippen LogP contribution in [0.5, 0.6) is 0 Å². The largest absolute Gasteiger partial charge is 0.444 e. The van der Waals surface area contributed by atoms with Crippen LogP contribution >= 0.6 is 11.6 Å². The molecule has 0 unspecified atom stereocenters. The number of alkyl halides is 1. The molecule has 136 valence electrons. The standard InChI is InChI=1S/C18H25ClN4O2/c1-18(2,3)25-17(24)22-10-5-4-7-13(22)12-23-15(11-19)21-14-8-6-9-20-16(14)23/h6,8-9,13H,4-5,7,10-12H2,1-3H3/t13-/m0/s1. The van der Waals surface area contributed by atoms with Gasteiger partial charge in [-0.15, -0.1) is 11.6 Å². The number of aromatic nitrogens is 3. The summed E-state index contributed by atoms with van der Waals surface area (Å²) in [7, 11) is 0. The molecule has 1 saturated heterocycles. The molecule has 1 aliphatic rings. The fourth-order valence-corrected chi connectivity index (χ4v) is 3.47. The number of imidazole rings is 1. The molecular weight excluding hydrogens is 340 g/mol. The van der Waals surface area contributed by atoms with Crippen LogP contribution in [0.1, 0.15) is 45.9 Å². The zero-order valence-corrected chi connectivity index (χ0v) is 15.8.